The quantitative estimate of drug-likeness (QED) is 0.470. The predicted molar refractivity (Wildman–Crippen MR) is 123 cm³/mol. The minimum atomic E-state index is -0.197. The number of hydrogen-bond donors (Lipinski definition) is 0. The van der Waals surface area contributed by atoms with Gasteiger partial charge in [-0.1, -0.05) is 41.6 Å². The average molecular weight is 444 g/mol. The molecule has 0 N–H and O–H groups in total. The zero-order valence-corrected chi connectivity index (χ0v) is 18.5. The Morgan fingerprint density at radius 2 is 1.97 bits per heavy atom. The molecule has 1 aliphatic heterocycles. The second kappa shape index (κ2) is 8.97. The standard InChI is InChI=1S/C25H25N5O3/c1-17-7-2-3-9-19(17)24-27-22(33-28-24)13-18-8-6-12-29(14-18)23(31)15-30-16-26-21-11-5-4-10-20(21)25(30)32/h2-5,7,9-11,16,18H,6,8,12-15H2,1H3. The van der Waals surface area contributed by atoms with Crippen molar-refractivity contribution in [3.8, 4) is 11.4 Å². The number of hydrogen-bond acceptors (Lipinski definition) is 6. The van der Waals surface area contributed by atoms with Gasteiger partial charge in [0, 0.05) is 25.1 Å². The number of carbonyl (C=O) groups is 1. The smallest absolute Gasteiger partial charge is 0.261 e. The number of aromatic nitrogens is 4. The van der Waals surface area contributed by atoms with E-state index in [9.17, 15) is 9.59 Å². The fourth-order valence-corrected chi connectivity index (χ4v) is 4.44. The number of nitrogens with zero attached hydrogens (tertiary/aromatic N) is 5. The third kappa shape index (κ3) is 4.41. The molecule has 1 unspecified atom stereocenters. The molecule has 33 heavy (non-hydrogen) atoms. The number of aryl methyl sites for hydroxylation is 1. The van der Waals surface area contributed by atoms with Crippen LogP contribution >= 0.6 is 0 Å². The van der Waals surface area contributed by atoms with Gasteiger partial charge in [-0.15, -0.1) is 0 Å². The van der Waals surface area contributed by atoms with Crippen LogP contribution in [0, 0.1) is 12.8 Å². The lowest BCUT2D eigenvalue weighted by Crippen LogP contribution is -2.43. The predicted octanol–water partition coefficient (Wildman–Crippen LogP) is 3.24. The maximum Gasteiger partial charge on any atom is 0.261 e. The minimum Gasteiger partial charge on any atom is -0.341 e. The lowest BCUT2D eigenvalue weighted by atomic mass is 9.94. The first kappa shape index (κ1) is 21.1. The molecular weight excluding hydrogens is 418 g/mol. The number of likely N-dealkylation sites (tertiary alicyclic amines) is 1. The highest BCUT2D eigenvalue weighted by atomic mass is 16.5. The summed E-state index contributed by atoms with van der Waals surface area (Å²) < 4.78 is 6.90. The number of benzene rings is 2. The third-order valence-corrected chi connectivity index (χ3v) is 6.23. The maximum atomic E-state index is 13.0. The highest BCUT2D eigenvalue weighted by Gasteiger charge is 2.26. The van der Waals surface area contributed by atoms with Crippen molar-refractivity contribution in [3.63, 3.8) is 0 Å². The van der Waals surface area contributed by atoms with E-state index in [4.69, 9.17) is 4.52 Å². The Bertz CT molecular complexity index is 1360. The summed E-state index contributed by atoms with van der Waals surface area (Å²) in [6.07, 6.45) is 3.97. The summed E-state index contributed by atoms with van der Waals surface area (Å²) in [6, 6.07) is 15.1. The van der Waals surface area contributed by atoms with E-state index in [0.29, 0.717) is 42.1 Å². The lowest BCUT2D eigenvalue weighted by molar-refractivity contribution is -0.133. The van der Waals surface area contributed by atoms with Crippen molar-refractivity contribution in [1.82, 2.24) is 24.6 Å². The summed E-state index contributed by atoms with van der Waals surface area (Å²) in [5.41, 5.74) is 2.49. The first-order valence-corrected chi connectivity index (χ1v) is 11.2. The van der Waals surface area contributed by atoms with Gasteiger partial charge in [-0.2, -0.15) is 4.98 Å². The summed E-state index contributed by atoms with van der Waals surface area (Å²) in [5.74, 6) is 1.34. The van der Waals surface area contributed by atoms with Crippen LogP contribution in [0.4, 0.5) is 0 Å². The number of piperidine rings is 1. The van der Waals surface area contributed by atoms with Gasteiger partial charge in [0.2, 0.25) is 17.6 Å². The highest BCUT2D eigenvalue weighted by molar-refractivity contribution is 5.79. The van der Waals surface area contributed by atoms with E-state index >= 15 is 0 Å². The first-order chi connectivity index (χ1) is 16.1. The number of carbonyl (C=O) groups excluding carboxylic acids is 1. The Labute approximate surface area is 190 Å². The summed E-state index contributed by atoms with van der Waals surface area (Å²) in [7, 11) is 0. The zero-order valence-electron chi connectivity index (χ0n) is 18.5. The van der Waals surface area contributed by atoms with Gasteiger partial charge in [0.05, 0.1) is 17.2 Å². The van der Waals surface area contributed by atoms with Crippen LogP contribution in [-0.4, -0.2) is 43.6 Å². The van der Waals surface area contributed by atoms with Crippen LogP contribution in [-0.2, 0) is 17.8 Å². The van der Waals surface area contributed by atoms with E-state index in [1.54, 1.807) is 18.2 Å². The molecule has 1 saturated heterocycles. The van der Waals surface area contributed by atoms with Crippen LogP contribution in [0.1, 0.15) is 24.3 Å². The van der Waals surface area contributed by atoms with Gasteiger partial charge < -0.3 is 9.42 Å². The zero-order chi connectivity index (χ0) is 22.8. The van der Waals surface area contributed by atoms with Crippen molar-refractivity contribution in [1.29, 1.82) is 0 Å². The van der Waals surface area contributed by atoms with Crippen molar-refractivity contribution in [3.05, 3.63) is 76.7 Å². The topological polar surface area (TPSA) is 94.1 Å². The summed E-state index contributed by atoms with van der Waals surface area (Å²) in [6.45, 7) is 3.30. The molecule has 8 heteroatoms. The molecule has 1 fully saturated rings. The molecule has 0 bridgehead atoms. The lowest BCUT2D eigenvalue weighted by Gasteiger charge is -2.32. The molecule has 1 aliphatic rings. The monoisotopic (exact) mass is 443 g/mol. The molecule has 5 rings (SSSR count). The molecule has 2 aromatic heterocycles. The fraction of sp³-hybridized carbons (Fsp3) is 0.320. The SMILES string of the molecule is Cc1ccccc1-c1noc(CC2CCCN(C(=O)Cn3cnc4ccccc4c3=O)C2)n1. The molecule has 0 radical (unpaired) electrons. The van der Waals surface area contributed by atoms with Gasteiger partial charge >= 0.3 is 0 Å². The molecule has 0 aliphatic carbocycles. The van der Waals surface area contributed by atoms with E-state index < -0.39 is 0 Å². The van der Waals surface area contributed by atoms with Gasteiger partial charge in [-0.3, -0.25) is 14.2 Å². The van der Waals surface area contributed by atoms with Crippen molar-refractivity contribution in [2.75, 3.05) is 13.1 Å². The van der Waals surface area contributed by atoms with Crippen molar-refractivity contribution < 1.29 is 9.32 Å². The molecule has 4 aromatic rings. The Morgan fingerprint density at radius 1 is 1.15 bits per heavy atom. The molecule has 2 aromatic carbocycles. The van der Waals surface area contributed by atoms with E-state index in [1.165, 1.54) is 10.9 Å². The molecule has 8 nitrogen and oxygen atoms in total. The fourth-order valence-electron chi connectivity index (χ4n) is 4.44. The summed E-state index contributed by atoms with van der Waals surface area (Å²) in [5, 5.41) is 4.66. The second-order valence-corrected chi connectivity index (χ2v) is 8.57. The van der Waals surface area contributed by atoms with Crippen LogP contribution in [0.25, 0.3) is 22.3 Å². The van der Waals surface area contributed by atoms with Gasteiger partial charge in [-0.05, 0) is 43.4 Å². The summed E-state index contributed by atoms with van der Waals surface area (Å²) in [4.78, 5) is 36.4. The minimum absolute atomic E-state index is 0.0125. The maximum absolute atomic E-state index is 13.0. The van der Waals surface area contributed by atoms with Gasteiger partial charge in [0.25, 0.3) is 5.56 Å². The summed E-state index contributed by atoms with van der Waals surface area (Å²) >= 11 is 0. The van der Waals surface area contributed by atoms with Crippen LogP contribution in [0.15, 0.2) is 64.2 Å². The Kier molecular flexibility index (Phi) is 5.73. The molecule has 0 saturated carbocycles. The van der Waals surface area contributed by atoms with Crippen LogP contribution in [0.3, 0.4) is 0 Å². The Morgan fingerprint density at radius 3 is 2.85 bits per heavy atom. The largest absolute Gasteiger partial charge is 0.341 e. The van der Waals surface area contributed by atoms with Gasteiger partial charge in [-0.25, -0.2) is 4.98 Å². The average Bonchev–Trinajstić information content (AvgIpc) is 3.29. The molecule has 1 amide bonds. The molecule has 1 atom stereocenters. The van der Waals surface area contributed by atoms with Crippen LogP contribution in [0.5, 0.6) is 0 Å². The van der Waals surface area contributed by atoms with E-state index in [0.717, 1.165) is 24.0 Å². The van der Waals surface area contributed by atoms with Crippen LogP contribution in [0.2, 0.25) is 0 Å². The molecular formula is C25H25N5O3. The van der Waals surface area contributed by atoms with Crippen LogP contribution < -0.4 is 5.56 Å². The first-order valence-electron chi connectivity index (χ1n) is 11.2. The van der Waals surface area contributed by atoms with Crippen molar-refractivity contribution >= 4 is 16.8 Å². The van der Waals surface area contributed by atoms with E-state index in [-0.39, 0.29) is 23.9 Å². The van der Waals surface area contributed by atoms with Gasteiger partial charge in [0.15, 0.2) is 0 Å². The number of amides is 1. The normalized spacial score (nSPS) is 16.3. The van der Waals surface area contributed by atoms with E-state index in [1.807, 2.05) is 42.2 Å². The van der Waals surface area contributed by atoms with E-state index in [2.05, 4.69) is 15.1 Å². The molecule has 168 valence electrons. The number of fused-ring (bicyclic) bond motifs is 1. The Balaban J connectivity index is 1.25. The second-order valence-electron chi connectivity index (χ2n) is 8.57. The molecule has 0 spiro atoms. The van der Waals surface area contributed by atoms with Gasteiger partial charge in [0.1, 0.15) is 6.54 Å². The van der Waals surface area contributed by atoms with Crippen molar-refractivity contribution in [2.45, 2.75) is 32.7 Å². The Hall–Kier alpha value is -3.81. The van der Waals surface area contributed by atoms with Crippen molar-refractivity contribution in [2.24, 2.45) is 5.92 Å². The third-order valence-electron chi connectivity index (χ3n) is 6.23. The number of para-hydroxylation sites is 1. The highest BCUT2D eigenvalue weighted by Crippen LogP contribution is 2.24. The molecule has 3 heterocycles. The number of rotatable bonds is 5.